The first-order valence-corrected chi connectivity index (χ1v) is 8.45. The van der Waals surface area contributed by atoms with E-state index in [1.807, 2.05) is 0 Å². The molecule has 0 aromatic rings. The van der Waals surface area contributed by atoms with Crippen LogP contribution in [0.1, 0.15) is 25.7 Å². The molecule has 2 fully saturated rings. The van der Waals surface area contributed by atoms with E-state index in [1.165, 1.54) is 12.8 Å². The molecule has 1 amide bonds. The van der Waals surface area contributed by atoms with E-state index in [4.69, 9.17) is 4.74 Å². The summed E-state index contributed by atoms with van der Waals surface area (Å²) in [5.74, 6) is 0.455. The molecule has 1 N–H and O–H groups in total. The van der Waals surface area contributed by atoms with Gasteiger partial charge in [-0.25, -0.2) is 8.42 Å². The maximum Gasteiger partial charge on any atom is 0.224 e. The van der Waals surface area contributed by atoms with Gasteiger partial charge in [0.1, 0.15) is 0 Å². The van der Waals surface area contributed by atoms with Crippen molar-refractivity contribution in [3.05, 3.63) is 0 Å². The van der Waals surface area contributed by atoms with Gasteiger partial charge in [-0.3, -0.25) is 4.79 Å². The highest BCUT2D eigenvalue weighted by atomic mass is 32.2. The monoisotopic (exact) mass is 275 g/mol. The summed E-state index contributed by atoms with van der Waals surface area (Å²) >= 11 is 0. The van der Waals surface area contributed by atoms with Crippen LogP contribution >= 0.6 is 0 Å². The van der Waals surface area contributed by atoms with Gasteiger partial charge in [0, 0.05) is 19.8 Å². The standard InChI is InChI=1S/C12H21NO4S/c14-12(11-4-7-18(15,16)9-11)13-5-1-6-17-8-10-2-3-10/h10-11H,1-9H2,(H,13,14). The largest absolute Gasteiger partial charge is 0.381 e. The first-order chi connectivity index (χ1) is 8.57. The molecule has 2 aliphatic rings. The molecule has 1 saturated carbocycles. The Morgan fingerprint density at radius 1 is 1.28 bits per heavy atom. The third kappa shape index (κ3) is 4.57. The van der Waals surface area contributed by atoms with Crippen molar-refractivity contribution in [2.45, 2.75) is 25.7 Å². The van der Waals surface area contributed by atoms with E-state index in [9.17, 15) is 13.2 Å². The Balaban J connectivity index is 1.51. The number of rotatable bonds is 7. The third-order valence-electron chi connectivity index (χ3n) is 3.42. The van der Waals surface area contributed by atoms with Crippen molar-refractivity contribution < 1.29 is 17.9 Å². The first kappa shape index (κ1) is 13.8. The van der Waals surface area contributed by atoms with Crippen LogP contribution in [0, 0.1) is 11.8 Å². The molecule has 104 valence electrons. The van der Waals surface area contributed by atoms with Gasteiger partial charge in [-0.15, -0.1) is 0 Å². The van der Waals surface area contributed by atoms with Gasteiger partial charge >= 0.3 is 0 Å². The molecule has 18 heavy (non-hydrogen) atoms. The molecule has 0 radical (unpaired) electrons. The minimum Gasteiger partial charge on any atom is -0.381 e. The van der Waals surface area contributed by atoms with E-state index >= 15 is 0 Å². The van der Waals surface area contributed by atoms with Gasteiger partial charge < -0.3 is 10.1 Å². The highest BCUT2D eigenvalue weighted by Crippen LogP contribution is 2.28. The summed E-state index contributed by atoms with van der Waals surface area (Å²) in [4.78, 5) is 11.7. The number of carbonyl (C=O) groups excluding carboxylic acids is 1. The zero-order valence-electron chi connectivity index (χ0n) is 10.6. The van der Waals surface area contributed by atoms with Crippen LogP contribution in [0.15, 0.2) is 0 Å². The fourth-order valence-electron chi connectivity index (χ4n) is 2.07. The van der Waals surface area contributed by atoms with Crippen LogP contribution in [0.25, 0.3) is 0 Å². The van der Waals surface area contributed by atoms with Crippen molar-refractivity contribution >= 4 is 15.7 Å². The minimum atomic E-state index is -2.97. The zero-order chi connectivity index (χ0) is 13.0. The number of amides is 1. The van der Waals surface area contributed by atoms with Gasteiger partial charge in [0.2, 0.25) is 5.91 Å². The summed E-state index contributed by atoms with van der Waals surface area (Å²) in [6.45, 7) is 2.08. The molecule has 0 aromatic carbocycles. The van der Waals surface area contributed by atoms with Gasteiger partial charge in [-0.2, -0.15) is 0 Å². The molecule has 1 unspecified atom stereocenters. The first-order valence-electron chi connectivity index (χ1n) is 6.63. The van der Waals surface area contributed by atoms with Gasteiger partial charge in [-0.05, 0) is 31.6 Å². The van der Waals surface area contributed by atoms with Crippen molar-refractivity contribution in [3.63, 3.8) is 0 Å². The van der Waals surface area contributed by atoms with Gasteiger partial charge in [-0.1, -0.05) is 0 Å². The fourth-order valence-corrected chi connectivity index (χ4v) is 3.81. The molecule has 2 rings (SSSR count). The van der Waals surface area contributed by atoms with Crippen molar-refractivity contribution in [2.24, 2.45) is 11.8 Å². The number of carbonyl (C=O) groups is 1. The van der Waals surface area contributed by atoms with Crippen molar-refractivity contribution in [2.75, 3.05) is 31.3 Å². The third-order valence-corrected chi connectivity index (χ3v) is 5.19. The maximum atomic E-state index is 11.7. The Bertz CT molecular complexity index is 389. The lowest BCUT2D eigenvalue weighted by Gasteiger charge is -2.09. The molecule has 1 aliphatic carbocycles. The van der Waals surface area contributed by atoms with Crippen LogP contribution < -0.4 is 5.32 Å². The van der Waals surface area contributed by atoms with Crippen LogP contribution in [0.4, 0.5) is 0 Å². The van der Waals surface area contributed by atoms with E-state index in [-0.39, 0.29) is 23.3 Å². The van der Waals surface area contributed by atoms with Crippen LogP contribution in [0.2, 0.25) is 0 Å². The summed E-state index contributed by atoms with van der Waals surface area (Å²) in [6.07, 6.45) is 3.82. The predicted molar refractivity (Wildman–Crippen MR) is 67.9 cm³/mol. The lowest BCUT2D eigenvalue weighted by molar-refractivity contribution is -0.124. The summed E-state index contributed by atoms with van der Waals surface area (Å²) in [5.41, 5.74) is 0. The Morgan fingerprint density at radius 2 is 2.06 bits per heavy atom. The molecular weight excluding hydrogens is 254 g/mol. The molecule has 1 aliphatic heterocycles. The molecule has 1 saturated heterocycles. The fraction of sp³-hybridized carbons (Fsp3) is 0.917. The number of nitrogens with one attached hydrogen (secondary N) is 1. The van der Waals surface area contributed by atoms with Crippen LogP contribution in [0.5, 0.6) is 0 Å². The molecule has 1 heterocycles. The van der Waals surface area contributed by atoms with Gasteiger partial charge in [0.25, 0.3) is 0 Å². The van der Waals surface area contributed by atoms with Gasteiger partial charge in [0.15, 0.2) is 9.84 Å². The smallest absolute Gasteiger partial charge is 0.224 e. The van der Waals surface area contributed by atoms with E-state index in [0.717, 1.165) is 18.9 Å². The van der Waals surface area contributed by atoms with Crippen LogP contribution in [-0.2, 0) is 19.4 Å². The summed E-state index contributed by atoms with van der Waals surface area (Å²) < 4.78 is 27.9. The topological polar surface area (TPSA) is 72.5 Å². The maximum absolute atomic E-state index is 11.7. The molecule has 1 atom stereocenters. The normalized spacial score (nSPS) is 26.1. The average molecular weight is 275 g/mol. The van der Waals surface area contributed by atoms with E-state index < -0.39 is 9.84 Å². The van der Waals surface area contributed by atoms with Crippen LogP contribution in [-0.4, -0.2) is 45.6 Å². The SMILES string of the molecule is O=C(NCCCOCC1CC1)C1CCS(=O)(=O)C1. The molecule has 0 spiro atoms. The molecule has 0 aromatic heterocycles. The average Bonchev–Trinajstić information content (AvgIpc) is 3.06. The summed E-state index contributed by atoms with van der Waals surface area (Å²) in [7, 11) is -2.97. The van der Waals surface area contributed by atoms with E-state index in [2.05, 4.69) is 5.32 Å². The predicted octanol–water partition coefficient (Wildman–Crippen LogP) is 0.354. The second-order valence-corrected chi connectivity index (χ2v) is 7.49. The summed E-state index contributed by atoms with van der Waals surface area (Å²) in [6, 6.07) is 0. The molecular formula is C12H21NO4S. The lowest BCUT2D eigenvalue weighted by atomic mass is 10.1. The molecule has 0 bridgehead atoms. The number of hydrogen-bond acceptors (Lipinski definition) is 4. The summed E-state index contributed by atoms with van der Waals surface area (Å²) in [5, 5.41) is 2.78. The van der Waals surface area contributed by atoms with Crippen LogP contribution in [0.3, 0.4) is 0 Å². The number of sulfone groups is 1. The second kappa shape index (κ2) is 6.02. The minimum absolute atomic E-state index is 0.0109. The Morgan fingerprint density at radius 3 is 2.67 bits per heavy atom. The second-order valence-electron chi connectivity index (χ2n) is 5.26. The lowest BCUT2D eigenvalue weighted by Crippen LogP contribution is -2.32. The zero-order valence-corrected chi connectivity index (χ0v) is 11.4. The van der Waals surface area contributed by atoms with Crippen molar-refractivity contribution in [3.8, 4) is 0 Å². The Hall–Kier alpha value is -0.620. The Kier molecular flexibility index (Phi) is 4.61. The number of ether oxygens (including phenoxy) is 1. The highest BCUT2D eigenvalue weighted by molar-refractivity contribution is 7.91. The van der Waals surface area contributed by atoms with Crippen molar-refractivity contribution in [1.29, 1.82) is 0 Å². The number of hydrogen-bond donors (Lipinski definition) is 1. The van der Waals surface area contributed by atoms with Crippen molar-refractivity contribution in [1.82, 2.24) is 5.32 Å². The quantitative estimate of drug-likeness (QED) is 0.681. The Labute approximate surface area is 108 Å². The van der Waals surface area contributed by atoms with E-state index in [1.54, 1.807) is 0 Å². The molecule has 5 nitrogen and oxygen atoms in total. The molecule has 6 heteroatoms. The highest BCUT2D eigenvalue weighted by Gasteiger charge is 2.32. The van der Waals surface area contributed by atoms with E-state index in [0.29, 0.717) is 19.6 Å². The van der Waals surface area contributed by atoms with Gasteiger partial charge in [0.05, 0.1) is 17.4 Å².